The van der Waals surface area contributed by atoms with Crippen molar-refractivity contribution >= 4 is 33.2 Å². The van der Waals surface area contributed by atoms with Crippen molar-refractivity contribution < 1.29 is 13.2 Å². The van der Waals surface area contributed by atoms with Gasteiger partial charge in [0.2, 0.25) is 15.9 Å². The zero-order chi connectivity index (χ0) is 21.2. The molecular formula is C21H26ClN3O3S. The average Bonchev–Trinajstić information content (AvgIpc) is 2.70. The van der Waals surface area contributed by atoms with Gasteiger partial charge in [-0.1, -0.05) is 48.0 Å². The minimum Gasteiger partial charge on any atom is -0.368 e. The van der Waals surface area contributed by atoms with Crippen molar-refractivity contribution in [3.05, 3.63) is 64.7 Å². The molecule has 0 aliphatic carbocycles. The van der Waals surface area contributed by atoms with Gasteiger partial charge in [0.05, 0.1) is 6.26 Å². The van der Waals surface area contributed by atoms with Gasteiger partial charge < -0.3 is 9.80 Å². The van der Waals surface area contributed by atoms with Gasteiger partial charge >= 0.3 is 0 Å². The Labute approximate surface area is 177 Å². The van der Waals surface area contributed by atoms with Gasteiger partial charge in [0.15, 0.2) is 0 Å². The number of likely N-dealkylation sites (N-methyl/N-ethyl adjacent to an activating group) is 1. The largest absolute Gasteiger partial charge is 0.368 e. The first-order valence-electron chi connectivity index (χ1n) is 9.46. The van der Waals surface area contributed by atoms with Crippen LogP contribution >= 0.6 is 11.6 Å². The molecule has 1 fully saturated rings. The smallest absolute Gasteiger partial charge is 0.245 e. The highest BCUT2D eigenvalue weighted by Crippen LogP contribution is 2.28. The maximum Gasteiger partial charge on any atom is 0.245 e. The van der Waals surface area contributed by atoms with Gasteiger partial charge in [0.1, 0.15) is 6.04 Å². The quantitative estimate of drug-likeness (QED) is 0.724. The van der Waals surface area contributed by atoms with Crippen LogP contribution in [0.1, 0.15) is 17.2 Å². The Balaban J connectivity index is 1.79. The molecule has 1 aliphatic rings. The van der Waals surface area contributed by atoms with Gasteiger partial charge in [-0.2, -0.15) is 4.31 Å². The van der Waals surface area contributed by atoms with Crippen molar-refractivity contribution in [1.29, 1.82) is 0 Å². The second-order valence-corrected chi connectivity index (χ2v) is 9.81. The van der Waals surface area contributed by atoms with E-state index in [0.29, 0.717) is 36.8 Å². The fourth-order valence-electron chi connectivity index (χ4n) is 3.60. The highest BCUT2D eigenvalue weighted by molar-refractivity contribution is 7.88. The molecule has 6 nitrogen and oxygen atoms in total. The zero-order valence-corrected chi connectivity index (χ0v) is 18.4. The van der Waals surface area contributed by atoms with E-state index in [1.165, 1.54) is 7.05 Å². The van der Waals surface area contributed by atoms with Gasteiger partial charge in [0, 0.05) is 43.9 Å². The van der Waals surface area contributed by atoms with Gasteiger partial charge in [-0.15, -0.1) is 0 Å². The topological polar surface area (TPSA) is 60.9 Å². The van der Waals surface area contributed by atoms with Crippen LogP contribution in [0.25, 0.3) is 0 Å². The van der Waals surface area contributed by atoms with E-state index >= 15 is 0 Å². The second-order valence-electron chi connectivity index (χ2n) is 7.34. The van der Waals surface area contributed by atoms with E-state index in [2.05, 4.69) is 4.90 Å². The number of carbonyl (C=O) groups is 1. The summed E-state index contributed by atoms with van der Waals surface area (Å²) in [5.41, 5.74) is 2.86. The van der Waals surface area contributed by atoms with Crippen molar-refractivity contribution in [3.8, 4) is 0 Å². The summed E-state index contributed by atoms with van der Waals surface area (Å²) >= 11 is 6.15. The van der Waals surface area contributed by atoms with E-state index in [1.54, 1.807) is 17.0 Å². The molecule has 29 heavy (non-hydrogen) atoms. The summed E-state index contributed by atoms with van der Waals surface area (Å²) < 4.78 is 25.5. The minimum absolute atomic E-state index is 0.202. The van der Waals surface area contributed by atoms with Crippen molar-refractivity contribution in [2.45, 2.75) is 13.0 Å². The number of piperazine rings is 1. The van der Waals surface area contributed by atoms with E-state index in [1.807, 2.05) is 43.3 Å². The Morgan fingerprint density at radius 1 is 1.07 bits per heavy atom. The molecule has 1 saturated heterocycles. The molecule has 0 N–H and O–H groups in total. The third-order valence-electron chi connectivity index (χ3n) is 5.34. The number of nitrogens with zero attached hydrogens (tertiary/aromatic N) is 3. The molecule has 1 aliphatic heterocycles. The van der Waals surface area contributed by atoms with E-state index < -0.39 is 16.1 Å². The van der Waals surface area contributed by atoms with Gasteiger partial charge in [-0.25, -0.2) is 8.42 Å². The fraction of sp³-hybridized carbons (Fsp3) is 0.381. The number of sulfonamides is 1. The van der Waals surface area contributed by atoms with Crippen LogP contribution < -0.4 is 4.90 Å². The van der Waals surface area contributed by atoms with Crippen molar-refractivity contribution in [3.63, 3.8) is 0 Å². The lowest BCUT2D eigenvalue weighted by Gasteiger charge is -2.39. The lowest BCUT2D eigenvalue weighted by atomic mass is 10.1. The van der Waals surface area contributed by atoms with Crippen molar-refractivity contribution in [2.75, 3.05) is 44.4 Å². The van der Waals surface area contributed by atoms with E-state index in [0.717, 1.165) is 21.8 Å². The molecule has 156 valence electrons. The molecule has 0 unspecified atom stereocenters. The summed E-state index contributed by atoms with van der Waals surface area (Å²) in [5, 5.41) is 0.683. The molecule has 0 spiro atoms. The van der Waals surface area contributed by atoms with Gasteiger partial charge in [-0.3, -0.25) is 4.79 Å². The van der Waals surface area contributed by atoms with Crippen molar-refractivity contribution in [1.82, 2.24) is 9.21 Å². The molecule has 0 radical (unpaired) electrons. The van der Waals surface area contributed by atoms with Gasteiger partial charge in [-0.05, 0) is 30.2 Å². The summed E-state index contributed by atoms with van der Waals surface area (Å²) in [6.07, 6.45) is 1.12. The summed E-state index contributed by atoms with van der Waals surface area (Å²) in [7, 11) is -2.08. The number of rotatable bonds is 5. The second kappa shape index (κ2) is 8.73. The number of amides is 1. The molecule has 1 heterocycles. The average molecular weight is 436 g/mol. The van der Waals surface area contributed by atoms with Crippen LogP contribution in [-0.2, 0) is 14.8 Å². The van der Waals surface area contributed by atoms with Crippen LogP contribution in [0.2, 0.25) is 5.02 Å². The van der Waals surface area contributed by atoms with E-state index in [4.69, 9.17) is 11.6 Å². The maximum absolute atomic E-state index is 13.3. The summed E-state index contributed by atoms with van der Waals surface area (Å²) in [6, 6.07) is 14.0. The highest BCUT2D eigenvalue weighted by Gasteiger charge is 2.35. The predicted molar refractivity (Wildman–Crippen MR) is 117 cm³/mol. The molecule has 2 aromatic carbocycles. The number of carbonyl (C=O) groups excluding carboxylic acids is 1. The lowest BCUT2D eigenvalue weighted by molar-refractivity contribution is -0.135. The first-order valence-corrected chi connectivity index (χ1v) is 11.7. The van der Waals surface area contributed by atoms with Crippen LogP contribution in [0.4, 0.5) is 5.69 Å². The SMILES string of the molecule is Cc1ccc(Cl)cc1N1CCN(C(=O)[C@H](c2ccccc2)N(C)S(C)(=O)=O)CC1. The molecule has 2 aromatic rings. The fourth-order valence-corrected chi connectivity index (χ4v) is 4.36. The molecule has 1 amide bonds. The zero-order valence-electron chi connectivity index (χ0n) is 16.9. The minimum atomic E-state index is -3.54. The Morgan fingerprint density at radius 2 is 1.69 bits per heavy atom. The summed E-state index contributed by atoms with van der Waals surface area (Å²) in [6.45, 7) is 4.40. The third-order valence-corrected chi connectivity index (χ3v) is 6.83. The third kappa shape index (κ3) is 4.91. The molecule has 3 rings (SSSR count). The number of aryl methyl sites for hydroxylation is 1. The standard InChI is InChI=1S/C21H26ClN3O3S/c1-16-9-10-18(22)15-19(16)24-11-13-25(14-12-24)21(26)20(23(2)29(3,27)28)17-7-5-4-6-8-17/h4-10,15,20H,11-14H2,1-3H3/t20-/m0/s1. The molecule has 0 saturated carbocycles. The van der Waals surface area contributed by atoms with Crippen LogP contribution in [0.15, 0.2) is 48.5 Å². The number of anilines is 1. The normalized spacial score (nSPS) is 16.2. The summed E-state index contributed by atoms with van der Waals surface area (Å²) in [5.74, 6) is -0.202. The van der Waals surface area contributed by atoms with Crippen LogP contribution in [0, 0.1) is 6.92 Å². The highest BCUT2D eigenvalue weighted by atomic mass is 35.5. The molecule has 8 heteroatoms. The Kier molecular flexibility index (Phi) is 6.51. The van der Waals surface area contributed by atoms with Crippen LogP contribution in [0.3, 0.4) is 0 Å². The van der Waals surface area contributed by atoms with Crippen molar-refractivity contribution in [2.24, 2.45) is 0 Å². The number of hydrogen-bond donors (Lipinski definition) is 0. The monoisotopic (exact) mass is 435 g/mol. The maximum atomic E-state index is 13.3. The van der Waals surface area contributed by atoms with Crippen LogP contribution in [0.5, 0.6) is 0 Å². The Bertz CT molecular complexity index is 974. The van der Waals surface area contributed by atoms with E-state index in [9.17, 15) is 13.2 Å². The number of hydrogen-bond acceptors (Lipinski definition) is 4. The summed E-state index contributed by atoms with van der Waals surface area (Å²) in [4.78, 5) is 17.3. The molecular weight excluding hydrogens is 410 g/mol. The van der Waals surface area contributed by atoms with Crippen LogP contribution in [-0.4, -0.2) is 63.0 Å². The first kappa shape index (κ1) is 21.6. The number of halogens is 1. The first-order chi connectivity index (χ1) is 13.7. The lowest BCUT2D eigenvalue weighted by Crippen LogP contribution is -2.52. The van der Waals surface area contributed by atoms with Gasteiger partial charge in [0.25, 0.3) is 0 Å². The van der Waals surface area contributed by atoms with E-state index in [-0.39, 0.29) is 5.91 Å². The Morgan fingerprint density at radius 3 is 2.28 bits per heavy atom. The molecule has 0 aromatic heterocycles. The number of benzene rings is 2. The predicted octanol–water partition coefficient (Wildman–Crippen LogP) is 2.93. The Hall–Kier alpha value is -2.09. The molecule has 0 bridgehead atoms. The molecule has 1 atom stereocenters.